The zero-order valence-corrected chi connectivity index (χ0v) is 9.88. The van der Waals surface area contributed by atoms with Crippen LogP contribution in [-0.4, -0.2) is 12.5 Å². The van der Waals surface area contributed by atoms with E-state index in [2.05, 4.69) is 23.5 Å². The molecule has 16 heavy (non-hydrogen) atoms. The normalized spacial score (nSPS) is 13.6. The Kier molecular flexibility index (Phi) is 3.60. The minimum Gasteiger partial charge on any atom is -0.356 e. The molecule has 0 unspecified atom stereocenters. The maximum atomic E-state index is 11.1. The molecular weight excluding hydrogens is 198 g/mol. The summed E-state index contributed by atoms with van der Waals surface area (Å²) in [4.78, 5) is 11.1. The van der Waals surface area contributed by atoms with Crippen LogP contribution in [0.5, 0.6) is 0 Å². The Balaban J connectivity index is 1.88. The van der Waals surface area contributed by atoms with Gasteiger partial charge in [-0.2, -0.15) is 0 Å². The first kappa shape index (κ1) is 11.2. The number of hydrogen-bond acceptors (Lipinski definition) is 1. The van der Waals surface area contributed by atoms with Gasteiger partial charge in [0.2, 0.25) is 5.91 Å². The molecule has 0 aliphatic heterocycles. The van der Waals surface area contributed by atoms with E-state index in [0.717, 1.165) is 13.0 Å². The number of aryl methyl sites for hydroxylation is 2. The molecule has 2 heteroatoms. The lowest BCUT2D eigenvalue weighted by molar-refractivity contribution is -0.120. The van der Waals surface area contributed by atoms with Gasteiger partial charge in [-0.05, 0) is 42.4 Å². The van der Waals surface area contributed by atoms with Crippen LogP contribution >= 0.6 is 0 Å². The van der Waals surface area contributed by atoms with Crippen molar-refractivity contribution in [2.45, 2.75) is 39.0 Å². The lowest BCUT2D eigenvalue weighted by Gasteiger charge is -2.06. The van der Waals surface area contributed by atoms with Crippen LogP contribution in [-0.2, 0) is 24.1 Å². The van der Waals surface area contributed by atoms with Gasteiger partial charge < -0.3 is 5.32 Å². The third kappa shape index (κ3) is 2.63. The lowest BCUT2D eigenvalue weighted by atomic mass is 10.0. The Labute approximate surface area is 97.1 Å². The second-order valence-electron chi connectivity index (χ2n) is 4.41. The summed E-state index contributed by atoms with van der Waals surface area (Å²) in [6.07, 6.45) is 5.28. The number of amides is 1. The largest absolute Gasteiger partial charge is 0.356 e. The van der Waals surface area contributed by atoms with Crippen molar-refractivity contribution < 1.29 is 4.79 Å². The van der Waals surface area contributed by atoms with Crippen molar-refractivity contribution >= 4 is 5.91 Å². The number of benzene rings is 1. The molecule has 0 atom stereocenters. The maximum Gasteiger partial charge on any atom is 0.219 e. The van der Waals surface area contributed by atoms with Crippen LogP contribution in [0.15, 0.2) is 18.2 Å². The van der Waals surface area contributed by atoms with Crippen LogP contribution in [0.4, 0.5) is 0 Å². The number of rotatable bonds is 4. The first-order chi connectivity index (χ1) is 7.79. The molecule has 1 aliphatic carbocycles. The summed E-state index contributed by atoms with van der Waals surface area (Å²) >= 11 is 0. The second kappa shape index (κ2) is 5.15. The minimum absolute atomic E-state index is 0.140. The van der Waals surface area contributed by atoms with Crippen molar-refractivity contribution in [3.05, 3.63) is 34.9 Å². The number of carbonyl (C=O) groups excluding carboxylic acids is 1. The van der Waals surface area contributed by atoms with Crippen LogP contribution < -0.4 is 5.32 Å². The summed E-state index contributed by atoms with van der Waals surface area (Å²) in [5, 5.41) is 2.91. The predicted octanol–water partition coefficient (Wildman–Crippen LogP) is 2.24. The van der Waals surface area contributed by atoms with E-state index in [-0.39, 0.29) is 5.91 Å². The predicted molar refractivity (Wildman–Crippen MR) is 65.5 cm³/mol. The standard InChI is InChI=1S/C14H19NO/c1-2-14(16)15-9-8-11-6-7-12-4-3-5-13(12)10-11/h6-7,10H,2-5,8-9H2,1H3,(H,15,16). The van der Waals surface area contributed by atoms with Crippen molar-refractivity contribution in [3.63, 3.8) is 0 Å². The highest BCUT2D eigenvalue weighted by molar-refractivity contribution is 5.75. The highest BCUT2D eigenvalue weighted by Crippen LogP contribution is 2.22. The van der Waals surface area contributed by atoms with Crippen LogP contribution in [0, 0.1) is 0 Å². The van der Waals surface area contributed by atoms with E-state index >= 15 is 0 Å². The van der Waals surface area contributed by atoms with E-state index in [9.17, 15) is 4.79 Å². The molecule has 0 radical (unpaired) electrons. The molecular formula is C14H19NO. The topological polar surface area (TPSA) is 29.1 Å². The first-order valence-corrected chi connectivity index (χ1v) is 6.17. The van der Waals surface area contributed by atoms with E-state index in [1.54, 1.807) is 0 Å². The molecule has 86 valence electrons. The Morgan fingerprint density at radius 1 is 1.31 bits per heavy atom. The van der Waals surface area contributed by atoms with Gasteiger partial charge in [0.05, 0.1) is 0 Å². The van der Waals surface area contributed by atoms with Crippen molar-refractivity contribution in [1.82, 2.24) is 5.32 Å². The molecule has 1 N–H and O–H groups in total. The highest BCUT2D eigenvalue weighted by Gasteiger charge is 2.10. The average Bonchev–Trinajstić information content (AvgIpc) is 2.76. The minimum atomic E-state index is 0.140. The molecule has 1 aromatic rings. The maximum absolute atomic E-state index is 11.1. The third-order valence-corrected chi connectivity index (χ3v) is 3.22. The molecule has 0 bridgehead atoms. The fourth-order valence-corrected chi connectivity index (χ4v) is 2.25. The van der Waals surface area contributed by atoms with Crippen LogP contribution in [0.25, 0.3) is 0 Å². The van der Waals surface area contributed by atoms with Crippen LogP contribution in [0.3, 0.4) is 0 Å². The van der Waals surface area contributed by atoms with Crippen molar-refractivity contribution in [2.24, 2.45) is 0 Å². The quantitative estimate of drug-likeness (QED) is 0.823. The molecule has 1 aliphatic rings. The number of hydrogen-bond donors (Lipinski definition) is 1. The van der Waals surface area contributed by atoms with Gasteiger partial charge in [-0.15, -0.1) is 0 Å². The Bertz CT molecular complexity index is 384. The summed E-state index contributed by atoms with van der Waals surface area (Å²) in [6, 6.07) is 6.75. The van der Waals surface area contributed by atoms with Crippen molar-refractivity contribution in [3.8, 4) is 0 Å². The molecule has 2 rings (SSSR count). The summed E-state index contributed by atoms with van der Waals surface area (Å²) in [7, 11) is 0. The Morgan fingerprint density at radius 3 is 2.94 bits per heavy atom. The smallest absolute Gasteiger partial charge is 0.219 e. The van der Waals surface area contributed by atoms with Crippen LogP contribution in [0.1, 0.15) is 36.5 Å². The molecule has 0 aromatic heterocycles. The molecule has 1 amide bonds. The van der Waals surface area contributed by atoms with Crippen molar-refractivity contribution in [2.75, 3.05) is 6.54 Å². The fourth-order valence-electron chi connectivity index (χ4n) is 2.25. The zero-order valence-electron chi connectivity index (χ0n) is 9.88. The Hall–Kier alpha value is -1.31. The highest BCUT2D eigenvalue weighted by atomic mass is 16.1. The Morgan fingerprint density at radius 2 is 2.12 bits per heavy atom. The first-order valence-electron chi connectivity index (χ1n) is 6.17. The molecule has 2 nitrogen and oxygen atoms in total. The van der Waals surface area contributed by atoms with Gasteiger partial charge in [-0.3, -0.25) is 4.79 Å². The van der Waals surface area contributed by atoms with E-state index < -0.39 is 0 Å². The monoisotopic (exact) mass is 217 g/mol. The lowest BCUT2D eigenvalue weighted by Crippen LogP contribution is -2.24. The van der Waals surface area contributed by atoms with Gasteiger partial charge in [-0.1, -0.05) is 25.1 Å². The molecule has 1 aromatic carbocycles. The average molecular weight is 217 g/mol. The zero-order chi connectivity index (χ0) is 11.4. The number of carbonyl (C=O) groups is 1. The van der Waals surface area contributed by atoms with E-state index in [1.165, 1.54) is 36.0 Å². The molecule has 0 spiro atoms. The van der Waals surface area contributed by atoms with Gasteiger partial charge in [0.15, 0.2) is 0 Å². The second-order valence-corrected chi connectivity index (χ2v) is 4.41. The molecule has 0 heterocycles. The third-order valence-electron chi connectivity index (χ3n) is 3.22. The molecule has 0 saturated heterocycles. The van der Waals surface area contributed by atoms with Gasteiger partial charge in [0.1, 0.15) is 0 Å². The van der Waals surface area contributed by atoms with Crippen molar-refractivity contribution in [1.29, 1.82) is 0 Å². The fraction of sp³-hybridized carbons (Fsp3) is 0.500. The molecule has 0 fully saturated rings. The summed E-state index contributed by atoms with van der Waals surface area (Å²) in [5.41, 5.74) is 4.37. The van der Waals surface area contributed by atoms with E-state index in [0.29, 0.717) is 6.42 Å². The SMILES string of the molecule is CCC(=O)NCCc1ccc2c(c1)CCC2. The van der Waals surface area contributed by atoms with E-state index in [1.807, 2.05) is 6.92 Å². The van der Waals surface area contributed by atoms with Gasteiger partial charge in [0, 0.05) is 13.0 Å². The summed E-state index contributed by atoms with van der Waals surface area (Å²) in [6.45, 7) is 2.64. The van der Waals surface area contributed by atoms with Crippen LogP contribution in [0.2, 0.25) is 0 Å². The van der Waals surface area contributed by atoms with Gasteiger partial charge in [0.25, 0.3) is 0 Å². The number of fused-ring (bicyclic) bond motifs is 1. The van der Waals surface area contributed by atoms with Gasteiger partial charge in [-0.25, -0.2) is 0 Å². The van der Waals surface area contributed by atoms with Gasteiger partial charge >= 0.3 is 0 Å². The molecule has 0 saturated carbocycles. The summed E-state index contributed by atoms with van der Waals surface area (Å²) in [5.74, 6) is 0.140. The van der Waals surface area contributed by atoms with E-state index in [4.69, 9.17) is 0 Å². The summed E-state index contributed by atoms with van der Waals surface area (Å²) < 4.78 is 0. The number of nitrogens with one attached hydrogen (secondary N) is 1.